The monoisotopic (exact) mass is 431 g/mol. The molecule has 0 aromatic heterocycles. The van der Waals surface area contributed by atoms with Crippen LogP contribution in [0.5, 0.6) is 0 Å². The summed E-state index contributed by atoms with van der Waals surface area (Å²) in [6.45, 7) is 2.47. The summed E-state index contributed by atoms with van der Waals surface area (Å²) in [7, 11) is 0. The number of halogens is 2. The first-order valence-corrected chi connectivity index (χ1v) is 9.70. The number of para-hydroxylation sites is 1. The normalized spacial score (nSPS) is 21.2. The molecule has 0 spiro atoms. The Balaban J connectivity index is 1.45. The van der Waals surface area contributed by atoms with Crippen LogP contribution >= 0.6 is 15.9 Å². The number of benzene rings is 2. The highest BCUT2D eigenvalue weighted by Gasteiger charge is 2.43. The van der Waals surface area contributed by atoms with Crippen molar-refractivity contribution in [2.24, 2.45) is 0 Å². The van der Waals surface area contributed by atoms with Crippen LogP contribution in [-0.4, -0.2) is 48.9 Å². The van der Waals surface area contributed by atoms with Crippen LogP contribution in [0.4, 0.5) is 15.8 Å². The molecular formula is C20H19BrFN3O2. The topological polar surface area (TPSA) is 43.9 Å². The molecule has 2 fully saturated rings. The van der Waals surface area contributed by atoms with Gasteiger partial charge < -0.3 is 4.90 Å². The molecule has 0 aliphatic carbocycles. The van der Waals surface area contributed by atoms with Gasteiger partial charge in [-0.25, -0.2) is 9.29 Å². The lowest BCUT2D eigenvalue weighted by atomic mass is 10.1. The number of anilines is 2. The fraction of sp³-hybridized carbons (Fsp3) is 0.300. The van der Waals surface area contributed by atoms with E-state index in [0.29, 0.717) is 37.6 Å². The summed E-state index contributed by atoms with van der Waals surface area (Å²) >= 11 is 3.38. The lowest BCUT2D eigenvalue weighted by molar-refractivity contribution is -0.123. The largest absolute Gasteiger partial charge is 0.367 e. The summed E-state index contributed by atoms with van der Waals surface area (Å²) < 4.78 is 14.8. The smallest absolute Gasteiger partial charge is 0.251 e. The Kier molecular flexibility index (Phi) is 4.97. The van der Waals surface area contributed by atoms with Gasteiger partial charge in [-0.1, -0.05) is 34.1 Å². The van der Waals surface area contributed by atoms with Gasteiger partial charge in [0, 0.05) is 30.7 Å². The summed E-state index contributed by atoms with van der Waals surface area (Å²) in [5, 5.41) is 0. The second-order valence-corrected chi connectivity index (χ2v) is 7.66. The maximum atomic E-state index is 14.0. The molecule has 140 valence electrons. The lowest BCUT2D eigenvalue weighted by Crippen LogP contribution is -2.52. The first-order chi connectivity index (χ1) is 13.0. The minimum absolute atomic E-state index is 0.181. The van der Waals surface area contributed by atoms with Gasteiger partial charge in [-0.3, -0.25) is 14.5 Å². The molecule has 0 bridgehead atoms. The molecule has 4 rings (SSSR count). The first kappa shape index (κ1) is 18.1. The van der Waals surface area contributed by atoms with Crippen LogP contribution in [0.1, 0.15) is 6.42 Å². The Labute approximate surface area is 165 Å². The summed E-state index contributed by atoms with van der Waals surface area (Å²) in [6, 6.07) is 13.5. The summed E-state index contributed by atoms with van der Waals surface area (Å²) in [5.41, 5.74) is 1.17. The number of carbonyl (C=O) groups excluding carboxylic acids is 2. The van der Waals surface area contributed by atoms with Crippen LogP contribution in [0.2, 0.25) is 0 Å². The molecule has 2 aromatic carbocycles. The van der Waals surface area contributed by atoms with Gasteiger partial charge in [-0.15, -0.1) is 0 Å². The molecule has 1 atom stereocenters. The zero-order chi connectivity index (χ0) is 19.0. The van der Waals surface area contributed by atoms with Gasteiger partial charge in [0.15, 0.2) is 0 Å². The highest BCUT2D eigenvalue weighted by atomic mass is 79.9. The van der Waals surface area contributed by atoms with E-state index in [9.17, 15) is 14.0 Å². The number of imide groups is 1. The second-order valence-electron chi connectivity index (χ2n) is 6.74. The van der Waals surface area contributed by atoms with Gasteiger partial charge in [-0.2, -0.15) is 0 Å². The van der Waals surface area contributed by atoms with Gasteiger partial charge in [0.25, 0.3) is 5.91 Å². The number of amides is 2. The molecule has 2 heterocycles. The number of hydrogen-bond donors (Lipinski definition) is 0. The zero-order valence-electron chi connectivity index (χ0n) is 14.6. The molecule has 7 heteroatoms. The standard InChI is InChI=1S/C20H19BrFN3O2/c21-14-4-3-5-15(12-14)25-19(26)13-18(20(25)27)24-10-8-23(9-11-24)17-7-2-1-6-16(17)22/h1-7,12,18H,8-11,13H2/t18-/m1/s1. The van der Waals surface area contributed by atoms with Crippen molar-refractivity contribution >= 4 is 39.1 Å². The molecule has 0 unspecified atom stereocenters. The Morgan fingerprint density at radius 2 is 1.70 bits per heavy atom. The summed E-state index contributed by atoms with van der Waals surface area (Å²) in [4.78, 5) is 30.7. The van der Waals surface area contributed by atoms with Crippen LogP contribution in [0.3, 0.4) is 0 Å². The maximum absolute atomic E-state index is 14.0. The number of nitrogens with zero attached hydrogens (tertiary/aromatic N) is 3. The van der Waals surface area contributed by atoms with Crippen molar-refractivity contribution in [3.05, 3.63) is 58.8 Å². The van der Waals surface area contributed by atoms with E-state index in [1.807, 2.05) is 21.9 Å². The van der Waals surface area contributed by atoms with Crippen molar-refractivity contribution in [1.82, 2.24) is 4.90 Å². The Morgan fingerprint density at radius 1 is 0.963 bits per heavy atom. The molecule has 2 aliphatic heterocycles. The van der Waals surface area contributed by atoms with Crippen LogP contribution in [0.15, 0.2) is 53.0 Å². The number of rotatable bonds is 3. The van der Waals surface area contributed by atoms with Crippen molar-refractivity contribution in [3.8, 4) is 0 Å². The molecular weight excluding hydrogens is 413 g/mol. The summed E-state index contributed by atoms with van der Waals surface area (Å²) in [6.07, 6.45) is 0.186. The van der Waals surface area contributed by atoms with E-state index in [1.54, 1.807) is 30.3 Å². The van der Waals surface area contributed by atoms with E-state index < -0.39 is 6.04 Å². The van der Waals surface area contributed by atoms with Crippen LogP contribution in [0.25, 0.3) is 0 Å². The van der Waals surface area contributed by atoms with Gasteiger partial charge in [0.1, 0.15) is 5.82 Å². The zero-order valence-corrected chi connectivity index (χ0v) is 16.2. The fourth-order valence-electron chi connectivity index (χ4n) is 3.77. The van der Waals surface area contributed by atoms with Crippen molar-refractivity contribution in [3.63, 3.8) is 0 Å². The molecule has 2 saturated heterocycles. The third kappa shape index (κ3) is 3.49. The second kappa shape index (κ2) is 7.40. The predicted molar refractivity (Wildman–Crippen MR) is 105 cm³/mol. The molecule has 2 aliphatic rings. The van der Waals surface area contributed by atoms with E-state index >= 15 is 0 Å². The quantitative estimate of drug-likeness (QED) is 0.700. The van der Waals surface area contributed by atoms with Crippen LogP contribution in [-0.2, 0) is 9.59 Å². The number of carbonyl (C=O) groups is 2. The van der Waals surface area contributed by atoms with Gasteiger partial charge >= 0.3 is 0 Å². The SMILES string of the molecule is O=C1C[C@@H](N2CCN(c3ccccc3F)CC2)C(=O)N1c1cccc(Br)c1. The third-order valence-electron chi connectivity index (χ3n) is 5.14. The molecule has 0 saturated carbocycles. The van der Waals surface area contributed by atoms with E-state index in [2.05, 4.69) is 15.9 Å². The van der Waals surface area contributed by atoms with E-state index in [4.69, 9.17) is 0 Å². The highest BCUT2D eigenvalue weighted by Crippen LogP contribution is 2.29. The van der Waals surface area contributed by atoms with Crippen molar-refractivity contribution in [1.29, 1.82) is 0 Å². The van der Waals surface area contributed by atoms with Gasteiger partial charge in [-0.05, 0) is 30.3 Å². The molecule has 2 aromatic rings. The van der Waals surface area contributed by atoms with Gasteiger partial charge in [0.05, 0.1) is 23.8 Å². The van der Waals surface area contributed by atoms with Gasteiger partial charge in [0.2, 0.25) is 5.91 Å². The average molecular weight is 432 g/mol. The lowest BCUT2D eigenvalue weighted by Gasteiger charge is -2.38. The van der Waals surface area contributed by atoms with Crippen molar-refractivity contribution in [2.45, 2.75) is 12.5 Å². The highest BCUT2D eigenvalue weighted by molar-refractivity contribution is 9.10. The first-order valence-electron chi connectivity index (χ1n) is 8.90. The van der Waals surface area contributed by atoms with E-state index in [0.717, 1.165) is 4.47 Å². The third-order valence-corrected chi connectivity index (χ3v) is 5.63. The van der Waals surface area contributed by atoms with Crippen LogP contribution in [0, 0.1) is 5.82 Å². The molecule has 27 heavy (non-hydrogen) atoms. The Bertz CT molecular complexity index is 883. The summed E-state index contributed by atoms with van der Waals surface area (Å²) in [5.74, 6) is -0.601. The van der Waals surface area contributed by atoms with Crippen molar-refractivity contribution < 1.29 is 14.0 Å². The minimum atomic E-state index is -0.445. The Morgan fingerprint density at radius 3 is 2.41 bits per heavy atom. The minimum Gasteiger partial charge on any atom is -0.367 e. The fourth-order valence-corrected chi connectivity index (χ4v) is 4.16. The van der Waals surface area contributed by atoms with E-state index in [1.165, 1.54) is 11.0 Å². The molecule has 0 N–H and O–H groups in total. The molecule has 2 amide bonds. The number of piperazine rings is 1. The predicted octanol–water partition coefficient (Wildman–Crippen LogP) is 3.04. The van der Waals surface area contributed by atoms with E-state index in [-0.39, 0.29) is 24.1 Å². The average Bonchev–Trinajstić information content (AvgIpc) is 2.96. The Hall–Kier alpha value is -2.25. The van der Waals surface area contributed by atoms with Crippen molar-refractivity contribution in [2.75, 3.05) is 36.0 Å². The molecule has 5 nitrogen and oxygen atoms in total. The molecule has 0 radical (unpaired) electrons. The number of hydrogen-bond acceptors (Lipinski definition) is 4. The maximum Gasteiger partial charge on any atom is 0.251 e. The van der Waals surface area contributed by atoms with Crippen LogP contribution < -0.4 is 9.80 Å².